The summed E-state index contributed by atoms with van der Waals surface area (Å²) in [4.78, 5) is 2.07. The van der Waals surface area contributed by atoms with E-state index in [1.807, 2.05) is 14.1 Å². The Bertz CT molecular complexity index is 123. The number of allylic oxidation sites excluding steroid dienone is 3. The van der Waals surface area contributed by atoms with E-state index in [4.69, 9.17) is 0 Å². The van der Waals surface area contributed by atoms with Crippen LogP contribution in [0.5, 0.6) is 0 Å². The molecule has 0 atom stereocenters. The van der Waals surface area contributed by atoms with Crippen LogP contribution in [-0.4, -0.2) is 19.0 Å². The van der Waals surface area contributed by atoms with Crippen LogP contribution in [-0.2, 0) is 0 Å². The summed E-state index contributed by atoms with van der Waals surface area (Å²) in [5.41, 5.74) is 0. The fourth-order valence-corrected chi connectivity index (χ4v) is 0.806. The molecular weight excluding hydrogens is 134 g/mol. The van der Waals surface area contributed by atoms with Crippen LogP contribution in [0.2, 0.25) is 0 Å². The molecule has 1 heteroatoms. The maximum atomic E-state index is 2.21. The fourth-order valence-electron chi connectivity index (χ4n) is 0.806. The summed E-state index contributed by atoms with van der Waals surface area (Å²) in [7, 11) is 4.09. The lowest BCUT2D eigenvalue weighted by Gasteiger charge is -2.02. The van der Waals surface area contributed by atoms with Gasteiger partial charge in [0, 0.05) is 14.1 Å². The summed E-state index contributed by atoms with van der Waals surface area (Å²) in [5, 5.41) is 0. The van der Waals surface area contributed by atoms with Crippen LogP contribution in [0, 0.1) is 0 Å². The smallest absolute Gasteiger partial charge is 0.00555 e. The highest BCUT2D eigenvalue weighted by molar-refractivity contribution is 4.82. The van der Waals surface area contributed by atoms with E-state index >= 15 is 0 Å². The molecule has 0 aromatic rings. The molecule has 0 aliphatic rings. The standard InChI is InChI=1S/C10H19N/c1-4-5-6-7-8-9-10-11(2)3/h4-5,9-10H,6-8H2,1-3H3/b5-4+,10-9+. The van der Waals surface area contributed by atoms with Crippen molar-refractivity contribution in [3.63, 3.8) is 0 Å². The third-order valence-electron chi connectivity index (χ3n) is 1.38. The van der Waals surface area contributed by atoms with Gasteiger partial charge in [-0.15, -0.1) is 0 Å². The highest BCUT2D eigenvalue weighted by Gasteiger charge is 1.79. The van der Waals surface area contributed by atoms with Crippen molar-refractivity contribution in [3.05, 3.63) is 24.4 Å². The molecule has 0 fully saturated rings. The van der Waals surface area contributed by atoms with Gasteiger partial charge in [-0.2, -0.15) is 0 Å². The van der Waals surface area contributed by atoms with Crippen LogP contribution in [0.3, 0.4) is 0 Å². The number of unbranched alkanes of at least 4 members (excludes halogenated alkanes) is 2. The van der Waals surface area contributed by atoms with E-state index in [0.29, 0.717) is 0 Å². The van der Waals surface area contributed by atoms with Crippen molar-refractivity contribution in [2.24, 2.45) is 0 Å². The SMILES string of the molecule is C/C=C/CCC/C=C/N(C)C. The van der Waals surface area contributed by atoms with Crippen molar-refractivity contribution in [1.29, 1.82) is 0 Å². The molecule has 0 rings (SSSR count). The van der Waals surface area contributed by atoms with Gasteiger partial charge in [0.15, 0.2) is 0 Å². The van der Waals surface area contributed by atoms with Gasteiger partial charge in [-0.05, 0) is 32.4 Å². The van der Waals surface area contributed by atoms with E-state index in [2.05, 4.69) is 36.3 Å². The van der Waals surface area contributed by atoms with Crippen molar-refractivity contribution >= 4 is 0 Å². The first kappa shape index (κ1) is 10.3. The molecule has 0 aromatic heterocycles. The van der Waals surface area contributed by atoms with E-state index < -0.39 is 0 Å². The summed E-state index contributed by atoms with van der Waals surface area (Å²) in [6, 6.07) is 0. The largest absolute Gasteiger partial charge is 0.384 e. The molecule has 64 valence electrons. The van der Waals surface area contributed by atoms with E-state index in [-0.39, 0.29) is 0 Å². The number of rotatable bonds is 5. The maximum Gasteiger partial charge on any atom is 0.00555 e. The Morgan fingerprint density at radius 3 is 2.27 bits per heavy atom. The second-order valence-electron chi connectivity index (χ2n) is 2.85. The van der Waals surface area contributed by atoms with Crippen LogP contribution >= 0.6 is 0 Å². The molecule has 0 saturated carbocycles. The fraction of sp³-hybridized carbons (Fsp3) is 0.600. The molecule has 0 radical (unpaired) electrons. The van der Waals surface area contributed by atoms with Crippen molar-refractivity contribution in [2.75, 3.05) is 14.1 Å². The Kier molecular flexibility index (Phi) is 6.90. The minimum atomic E-state index is 1.18. The van der Waals surface area contributed by atoms with Crippen molar-refractivity contribution in [3.8, 4) is 0 Å². The van der Waals surface area contributed by atoms with Gasteiger partial charge in [-0.3, -0.25) is 0 Å². The monoisotopic (exact) mass is 153 g/mol. The van der Waals surface area contributed by atoms with Crippen molar-refractivity contribution < 1.29 is 0 Å². The topological polar surface area (TPSA) is 3.24 Å². The zero-order chi connectivity index (χ0) is 8.53. The lowest BCUT2D eigenvalue weighted by molar-refractivity contribution is 0.560. The molecule has 0 bridgehead atoms. The van der Waals surface area contributed by atoms with Crippen LogP contribution in [0.15, 0.2) is 24.4 Å². The van der Waals surface area contributed by atoms with Gasteiger partial charge in [0.25, 0.3) is 0 Å². The minimum Gasteiger partial charge on any atom is -0.384 e. The molecule has 1 nitrogen and oxygen atoms in total. The van der Waals surface area contributed by atoms with E-state index in [0.717, 1.165) is 0 Å². The Morgan fingerprint density at radius 2 is 1.73 bits per heavy atom. The zero-order valence-corrected chi connectivity index (χ0v) is 7.88. The lowest BCUT2D eigenvalue weighted by atomic mass is 10.2. The molecule has 0 spiro atoms. The Labute approximate surface area is 70.4 Å². The maximum absolute atomic E-state index is 2.21. The van der Waals surface area contributed by atoms with Gasteiger partial charge in [0.05, 0.1) is 0 Å². The molecule has 0 unspecified atom stereocenters. The Balaban J connectivity index is 3.14. The average molecular weight is 153 g/mol. The van der Waals surface area contributed by atoms with Crippen LogP contribution in [0.1, 0.15) is 26.2 Å². The molecule has 11 heavy (non-hydrogen) atoms. The average Bonchev–Trinajstić information content (AvgIpc) is 1.96. The van der Waals surface area contributed by atoms with E-state index in [9.17, 15) is 0 Å². The van der Waals surface area contributed by atoms with Gasteiger partial charge in [-0.1, -0.05) is 18.2 Å². The third kappa shape index (κ3) is 9.28. The highest BCUT2D eigenvalue weighted by Crippen LogP contribution is 1.97. The quantitative estimate of drug-likeness (QED) is 0.433. The first-order valence-electron chi connectivity index (χ1n) is 4.21. The zero-order valence-electron chi connectivity index (χ0n) is 7.88. The third-order valence-corrected chi connectivity index (χ3v) is 1.38. The van der Waals surface area contributed by atoms with E-state index in [1.165, 1.54) is 19.3 Å². The normalized spacial score (nSPS) is 11.5. The van der Waals surface area contributed by atoms with Crippen LogP contribution < -0.4 is 0 Å². The second-order valence-corrected chi connectivity index (χ2v) is 2.85. The first-order valence-corrected chi connectivity index (χ1v) is 4.21. The highest BCUT2D eigenvalue weighted by atomic mass is 15.0. The van der Waals surface area contributed by atoms with Crippen molar-refractivity contribution in [1.82, 2.24) is 4.90 Å². The molecule has 0 saturated heterocycles. The van der Waals surface area contributed by atoms with Gasteiger partial charge < -0.3 is 4.90 Å². The molecule has 0 amide bonds. The molecule has 0 aliphatic carbocycles. The molecule has 0 aliphatic heterocycles. The molecule has 0 heterocycles. The summed E-state index contributed by atoms with van der Waals surface area (Å²) in [6.07, 6.45) is 12.3. The van der Waals surface area contributed by atoms with Gasteiger partial charge in [0.1, 0.15) is 0 Å². The van der Waals surface area contributed by atoms with E-state index in [1.54, 1.807) is 0 Å². The Morgan fingerprint density at radius 1 is 1.09 bits per heavy atom. The van der Waals surface area contributed by atoms with Crippen LogP contribution in [0.25, 0.3) is 0 Å². The van der Waals surface area contributed by atoms with Gasteiger partial charge >= 0.3 is 0 Å². The van der Waals surface area contributed by atoms with Crippen LogP contribution in [0.4, 0.5) is 0 Å². The molecular formula is C10H19N. The molecule has 0 aromatic carbocycles. The van der Waals surface area contributed by atoms with Crippen molar-refractivity contribution in [2.45, 2.75) is 26.2 Å². The number of nitrogens with zero attached hydrogens (tertiary/aromatic N) is 1. The minimum absolute atomic E-state index is 1.18. The number of hydrogen-bond acceptors (Lipinski definition) is 1. The van der Waals surface area contributed by atoms with Gasteiger partial charge in [0.2, 0.25) is 0 Å². The summed E-state index contributed by atoms with van der Waals surface area (Å²) in [6.45, 7) is 2.07. The lowest BCUT2D eigenvalue weighted by Crippen LogP contribution is -1.99. The first-order chi connectivity index (χ1) is 5.27. The summed E-state index contributed by atoms with van der Waals surface area (Å²) < 4.78 is 0. The number of hydrogen-bond donors (Lipinski definition) is 0. The predicted molar refractivity (Wildman–Crippen MR) is 51.5 cm³/mol. The van der Waals surface area contributed by atoms with Gasteiger partial charge in [-0.25, -0.2) is 0 Å². The summed E-state index contributed by atoms with van der Waals surface area (Å²) >= 11 is 0. The predicted octanol–water partition coefficient (Wildman–Crippen LogP) is 2.81. The Hall–Kier alpha value is -0.720. The second kappa shape index (κ2) is 7.39. The molecule has 0 N–H and O–H groups in total. The summed E-state index contributed by atoms with van der Waals surface area (Å²) in [5.74, 6) is 0.